The van der Waals surface area contributed by atoms with Crippen LogP contribution in [0, 0.1) is 12.7 Å². The van der Waals surface area contributed by atoms with E-state index in [-0.39, 0.29) is 11.9 Å². The quantitative estimate of drug-likeness (QED) is 0.850. The number of halogens is 2. The zero-order chi connectivity index (χ0) is 12.4. The van der Waals surface area contributed by atoms with Gasteiger partial charge in [-0.25, -0.2) is 4.39 Å². The molecule has 0 aromatic heterocycles. The van der Waals surface area contributed by atoms with Crippen LogP contribution in [0.4, 0.5) is 4.39 Å². The Balaban J connectivity index is 2.23. The average molecular weight is 259 g/mol. The van der Waals surface area contributed by atoms with Gasteiger partial charge < -0.3 is 15.8 Å². The lowest BCUT2D eigenvalue weighted by molar-refractivity contribution is 0.0122. The van der Waals surface area contributed by atoms with Crippen molar-refractivity contribution < 1.29 is 9.13 Å². The van der Waals surface area contributed by atoms with Gasteiger partial charge in [-0.3, -0.25) is 0 Å². The molecule has 0 bridgehead atoms. The third kappa shape index (κ3) is 2.77. The maximum Gasteiger partial charge on any atom is 0.126 e. The van der Waals surface area contributed by atoms with Crippen molar-refractivity contribution in [1.29, 1.82) is 0 Å². The molecule has 1 fully saturated rings. The molecule has 1 heterocycles. The van der Waals surface area contributed by atoms with E-state index in [1.54, 1.807) is 13.0 Å². The van der Waals surface area contributed by atoms with E-state index in [0.717, 1.165) is 6.54 Å². The molecule has 3 nitrogen and oxygen atoms in total. The van der Waals surface area contributed by atoms with Crippen LogP contribution in [0.25, 0.3) is 0 Å². The largest absolute Gasteiger partial charge is 0.374 e. The summed E-state index contributed by atoms with van der Waals surface area (Å²) in [4.78, 5) is 0. The van der Waals surface area contributed by atoms with Crippen LogP contribution in [0.15, 0.2) is 12.1 Å². The molecule has 0 amide bonds. The van der Waals surface area contributed by atoms with Crippen LogP contribution in [-0.2, 0) is 4.74 Å². The number of rotatable bonds is 2. The molecule has 1 aliphatic rings. The van der Waals surface area contributed by atoms with Crippen LogP contribution in [0.2, 0.25) is 5.02 Å². The molecule has 3 N–H and O–H groups in total. The fourth-order valence-corrected chi connectivity index (χ4v) is 2.28. The Morgan fingerprint density at radius 3 is 3.00 bits per heavy atom. The minimum absolute atomic E-state index is 0.164. The highest BCUT2D eigenvalue weighted by atomic mass is 35.5. The number of nitrogens with one attached hydrogen (secondary N) is 1. The Morgan fingerprint density at radius 2 is 2.35 bits per heavy atom. The number of hydrogen-bond donors (Lipinski definition) is 2. The molecule has 1 aromatic carbocycles. The van der Waals surface area contributed by atoms with Crippen LogP contribution >= 0.6 is 11.6 Å². The van der Waals surface area contributed by atoms with E-state index in [1.165, 1.54) is 6.07 Å². The molecule has 1 saturated heterocycles. The second-order valence-corrected chi connectivity index (χ2v) is 4.67. The Bertz CT molecular complexity index is 408. The van der Waals surface area contributed by atoms with E-state index in [2.05, 4.69) is 5.32 Å². The number of ether oxygens (including phenoxy) is 1. The predicted molar refractivity (Wildman–Crippen MR) is 65.7 cm³/mol. The van der Waals surface area contributed by atoms with Crippen molar-refractivity contribution in [3.8, 4) is 0 Å². The van der Waals surface area contributed by atoms with Gasteiger partial charge in [0.25, 0.3) is 0 Å². The van der Waals surface area contributed by atoms with Gasteiger partial charge in [-0.1, -0.05) is 11.6 Å². The molecule has 0 aliphatic carbocycles. The molecule has 94 valence electrons. The van der Waals surface area contributed by atoms with E-state index < -0.39 is 6.04 Å². The first-order chi connectivity index (χ1) is 8.09. The Morgan fingerprint density at radius 1 is 1.59 bits per heavy atom. The minimum Gasteiger partial charge on any atom is -0.374 e. The average Bonchev–Trinajstić information content (AvgIpc) is 2.34. The summed E-state index contributed by atoms with van der Waals surface area (Å²) >= 11 is 6.09. The second-order valence-electron chi connectivity index (χ2n) is 4.26. The lowest BCUT2D eigenvalue weighted by Gasteiger charge is -2.29. The highest BCUT2D eigenvalue weighted by Crippen LogP contribution is 2.28. The third-order valence-electron chi connectivity index (χ3n) is 2.99. The topological polar surface area (TPSA) is 47.3 Å². The molecule has 5 heteroatoms. The molecule has 0 saturated carbocycles. The zero-order valence-corrected chi connectivity index (χ0v) is 10.4. The summed E-state index contributed by atoms with van der Waals surface area (Å²) in [7, 11) is 0. The first kappa shape index (κ1) is 12.8. The highest BCUT2D eigenvalue weighted by Gasteiger charge is 2.25. The van der Waals surface area contributed by atoms with Gasteiger partial charge in [-0.2, -0.15) is 0 Å². The van der Waals surface area contributed by atoms with Crippen LogP contribution in [0.1, 0.15) is 17.2 Å². The minimum atomic E-state index is -0.412. The normalized spacial score (nSPS) is 22.5. The van der Waals surface area contributed by atoms with Gasteiger partial charge in [0.15, 0.2) is 0 Å². The lowest BCUT2D eigenvalue weighted by Crippen LogP contribution is -2.44. The van der Waals surface area contributed by atoms with Crippen LogP contribution in [-0.4, -0.2) is 25.8 Å². The van der Waals surface area contributed by atoms with E-state index in [4.69, 9.17) is 22.1 Å². The van der Waals surface area contributed by atoms with Gasteiger partial charge in [-0.05, 0) is 30.2 Å². The summed E-state index contributed by atoms with van der Waals surface area (Å²) in [6.07, 6.45) is -0.164. The van der Waals surface area contributed by atoms with E-state index in [9.17, 15) is 4.39 Å². The van der Waals surface area contributed by atoms with Gasteiger partial charge >= 0.3 is 0 Å². The molecule has 17 heavy (non-hydrogen) atoms. The molecule has 0 spiro atoms. The first-order valence-corrected chi connectivity index (χ1v) is 6.01. The third-order valence-corrected chi connectivity index (χ3v) is 3.32. The van der Waals surface area contributed by atoms with Crippen molar-refractivity contribution >= 4 is 11.6 Å². The summed E-state index contributed by atoms with van der Waals surface area (Å²) in [6.45, 7) is 3.77. The maximum atomic E-state index is 13.5. The standard InChI is InChI=1S/C12H16ClFN2O/c1-7-4-9(13)8(5-10(7)14)12(15)11-6-16-2-3-17-11/h4-5,11-12,16H,2-3,6,15H2,1H3. The van der Waals surface area contributed by atoms with Gasteiger partial charge in [-0.15, -0.1) is 0 Å². The van der Waals surface area contributed by atoms with Crippen molar-refractivity contribution in [3.05, 3.63) is 34.1 Å². The molecular formula is C12H16ClFN2O. The summed E-state index contributed by atoms with van der Waals surface area (Å²) in [5, 5.41) is 3.68. The van der Waals surface area contributed by atoms with E-state index in [0.29, 0.717) is 29.3 Å². The maximum absolute atomic E-state index is 13.5. The molecule has 2 atom stereocenters. The van der Waals surface area contributed by atoms with Crippen LogP contribution in [0.5, 0.6) is 0 Å². The lowest BCUT2D eigenvalue weighted by atomic mass is 10.00. The number of benzene rings is 1. The fraction of sp³-hybridized carbons (Fsp3) is 0.500. The zero-order valence-electron chi connectivity index (χ0n) is 9.67. The highest BCUT2D eigenvalue weighted by molar-refractivity contribution is 6.31. The summed E-state index contributed by atoms with van der Waals surface area (Å²) < 4.78 is 19.1. The smallest absolute Gasteiger partial charge is 0.126 e. The first-order valence-electron chi connectivity index (χ1n) is 5.63. The van der Waals surface area contributed by atoms with Gasteiger partial charge in [0.05, 0.1) is 18.8 Å². The van der Waals surface area contributed by atoms with Crippen LogP contribution < -0.4 is 11.1 Å². The monoisotopic (exact) mass is 258 g/mol. The second kappa shape index (κ2) is 5.31. The van der Waals surface area contributed by atoms with Gasteiger partial charge in [0, 0.05) is 18.1 Å². The summed E-state index contributed by atoms with van der Waals surface area (Å²) in [5.41, 5.74) is 7.20. The number of aryl methyl sites for hydroxylation is 1. The predicted octanol–water partition coefficient (Wildman–Crippen LogP) is 1.78. The summed E-state index contributed by atoms with van der Waals surface area (Å²) in [6, 6.07) is 2.59. The number of nitrogens with two attached hydrogens (primary N) is 1. The molecule has 1 aromatic rings. The molecular weight excluding hydrogens is 243 g/mol. The fourth-order valence-electron chi connectivity index (χ4n) is 1.93. The van der Waals surface area contributed by atoms with E-state index >= 15 is 0 Å². The Hall–Kier alpha value is -0.680. The molecule has 0 radical (unpaired) electrons. The molecule has 2 rings (SSSR count). The SMILES string of the molecule is Cc1cc(Cl)c(C(N)C2CNCCO2)cc1F. The van der Waals surface area contributed by atoms with Crippen molar-refractivity contribution in [3.63, 3.8) is 0 Å². The Labute approximate surface area is 105 Å². The van der Waals surface area contributed by atoms with Crippen molar-refractivity contribution in [1.82, 2.24) is 5.32 Å². The number of hydrogen-bond acceptors (Lipinski definition) is 3. The van der Waals surface area contributed by atoms with Gasteiger partial charge in [0.1, 0.15) is 5.82 Å². The van der Waals surface area contributed by atoms with E-state index in [1.807, 2.05) is 0 Å². The van der Waals surface area contributed by atoms with Crippen molar-refractivity contribution in [2.45, 2.75) is 19.1 Å². The van der Waals surface area contributed by atoms with Crippen LogP contribution in [0.3, 0.4) is 0 Å². The molecule has 2 unspecified atom stereocenters. The summed E-state index contributed by atoms with van der Waals surface area (Å²) in [5.74, 6) is -0.288. The Kier molecular flexibility index (Phi) is 3.99. The van der Waals surface area contributed by atoms with Crippen molar-refractivity contribution in [2.75, 3.05) is 19.7 Å². The molecule has 1 aliphatic heterocycles. The number of morpholine rings is 1. The van der Waals surface area contributed by atoms with Gasteiger partial charge in [0.2, 0.25) is 0 Å². The van der Waals surface area contributed by atoms with Crippen molar-refractivity contribution in [2.24, 2.45) is 5.73 Å².